The summed E-state index contributed by atoms with van der Waals surface area (Å²) in [5.74, 6) is -0.461. The van der Waals surface area contributed by atoms with Gasteiger partial charge in [-0.3, -0.25) is 0 Å². The van der Waals surface area contributed by atoms with Gasteiger partial charge in [-0.15, -0.1) is 0 Å². The van der Waals surface area contributed by atoms with Crippen LogP contribution in [0.5, 0.6) is 11.5 Å². The summed E-state index contributed by atoms with van der Waals surface area (Å²) in [7, 11) is -3.80. The summed E-state index contributed by atoms with van der Waals surface area (Å²) in [6, 6.07) is 3.00. The molecule has 2 aliphatic carbocycles. The van der Waals surface area contributed by atoms with E-state index in [9.17, 15) is 26.7 Å². The smallest absolute Gasteiger partial charge is 0.482 e. The average Bonchev–Trinajstić information content (AvgIpc) is 2.96. The van der Waals surface area contributed by atoms with E-state index in [2.05, 4.69) is 9.08 Å². The molecule has 6 nitrogen and oxygen atoms in total. The zero-order valence-electron chi connectivity index (χ0n) is 14.8. The molecule has 1 N–H and O–H groups in total. The van der Waals surface area contributed by atoms with E-state index in [0.29, 0.717) is 18.4 Å². The number of likely N-dealkylation sites (tertiary alicyclic amines) is 1. The lowest BCUT2D eigenvalue weighted by molar-refractivity contribution is -0.0507. The normalized spacial score (nSPS) is 36.0. The zero-order valence-corrected chi connectivity index (χ0v) is 15.6. The summed E-state index contributed by atoms with van der Waals surface area (Å²) in [6.07, 6.45) is 3.30. The summed E-state index contributed by atoms with van der Waals surface area (Å²) in [4.78, 5) is 2.24. The fourth-order valence-corrected chi connectivity index (χ4v) is 5.92. The zero-order chi connectivity index (χ0) is 20.1. The lowest BCUT2D eigenvalue weighted by Crippen LogP contribution is -2.64. The van der Waals surface area contributed by atoms with Crippen molar-refractivity contribution in [2.75, 3.05) is 13.6 Å². The van der Waals surface area contributed by atoms with E-state index in [1.54, 1.807) is 12.1 Å². The van der Waals surface area contributed by atoms with Gasteiger partial charge < -0.3 is 18.9 Å². The SMILES string of the molecule is CN1CCC23c4c5ccc(OS(=O)(=O)C(F)(F)F)c4O[C@H]2[C@@H](O)C=CC3C1C5. The second kappa shape index (κ2) is 5.43. The molecule has 1 aromatic rings. The minimum absolute atomic E-state index is 0.00563. The van der Waals surface area contributed by atoms with E-state index in [1.165, 1.54) is 6.07 Å². The number of alkyl halides is 3. The first kappa shape index (κ1) is 18.3. The van der Waals surface area contributed by atoms with Gasteiger partial charge in [0, 0.05) is 22.9 Å². The van der Waals surface area contributed by atoms with Crippen LogP contribution in [0.1, 0.15) is 17.5 Å². The molecule has 2 heterocycles. The number of halogens is 3. The number of benzene rings is 1. The largest absolute Gasteiger partial charge is 0.534 e. The van der Waals surface area contributed by atoms with Crippen LogP contribution in [0.2, 0.25) is 0 Å². The number of piperidine rings is 1. The van der Waals surface area contributed by atoms with Crippen LogP contribution < -0.4 is 8.92 Å². The Labute approximate surface area is 159 Å². The number of ether oxygens (including phenoxy) is 1. The van der Waals surface area contributed by atoms with Crippen LogP contribution in [0.25, 0.3) is 0 Å². The maximum atomic E-state index is 12.8. The molecule has 10 heteroatoms. The Bertz CT molecular complexity index is 992. The van der Waals surface area contributed by atoms with Gasteiger partial charge in [0.15, 0.2) is 11.5 Å². The maximum absolute atomic E-state index is 12.8. The third-order valence-electron chi connectivity index (χ3n) is 6.62. The van der Waals surface area contributed by atoms with Crippen molar-refractivity contribution < 1.29 is 35.6 Å². The van der Waals surface area contributed by atoms with Crippen molar-refractivity contribution in [3.63, 3.8) is 0 Å². The van der Waals surface area contributed by atoms with Crippen LogP contribution in [0, 0.1) is 5.92 Å². The molecule has 1 saturated heterocycles. The molecule has 0 saturated carbocycles. The Balaban J connectivity index is 1.69. The number of rotatable bonds is 2. The van der Waals surface area contributed by atoms with Gasteiger partial charge in [0.25, 0.3) is 0 Å². The number of hydrogen-bond donors (Lipinski definition) is 1. The standard InChI is InChI=1S/C18H18F3NO5S/c1-22-7-6-17-10-3-4-12(23)16(17)26-15-13(27-28(24,25)18(19,20)21)5-2-9(14(15)17)8-11(10)22/h2-5,10-12,16,23H,6-8H2,1H3/t10?,11?,12-,16-,17?/m0/s1. The molecule has 1 fully saturated rings. The summed E-state index contributed by atoms with van der Waals surface area (Å²) in [5, 5.41) is 10.5. The van der Waals surface area contributed by atoms with Gasteiger partial charge >= 0.3 is 15.6 Å². The molecule has 28 heavy (non-hydrogen) atoms. The first-order chi connectivity index (χ1) is 13.1. The highest BCUT2D eigenvalue weighted by molar-refractivity contribution is 7.88. The van der Waals surface area contributed by atoms with Crippen LogP contribution in [0.3, 0.4) is 0 Å². The maximum Gasteiger partial charge on any atom is 0.534 e. The lowest BCUT2D eigenvalue weighted by Gasteiger charge is -2.56. The molecule has 4 aliphatic rings. The first-order valence-electron chi connectivity index (χ1n) is 8.96. The molecule has 0 amide bonds. The molecule has 0 aromatic heterocycles. The molecule has 3 unspecified atom stereocenters. The van der Waals surface area contributed by atoms with Crippen molar-refractivity contribution >= 4 is 10.1 Å². The number of nitrogens with zero attached hydrogens (tertiary/aromatic N) is 1. The highest BCUT2D eigenvalue weighted by atomic mass is 32.2. The lowest BCUT2D eigenvalue weighted by atomic mass is 9.53. The minimum atomic E-state index is -5.83. The van der Waals surface area contributed by atoms with E-state index in [1.807, 2.05) is 13.1 Å². The fourth-order valence-electron chi connectivity index (χ4n) is 5.46. The number of aliphatic hydroxyl groups excluding tert-OH is 1. The van der Waals surface area contributed by atoms with Crippen molar-refractivity contribution in [1.82, 2.24) is 4.90 Å². The Kier molecular flexibility index (Phi) is 3.54. The minimum Gasteiger partial charge on any atom is -0.482 e. The summed E-state index contributed by atoms with van der Waals surface area (Å²) in [5.41, 5.74) is -4.56. The van der Waals surface area contributed by atoms with Crippen LogP contribution >= 0.6 is 0 Å². The van der Waals surface area contributed by atoms with Crippen molar-refractivity contribution in [3.05, 3.63) is 35.4 Å². The van der Waals surface area contributed by atoms with Crippen molar-refractivity contribution in [3.8, 4) is 11.5 Å². The number of hydrogen-bond acceptors (Lipinski definition) is 6. The van der Waals surface area contributed by atoms with E-state index in [4.69, 9.17) is 4.74 Å². The molecule has 0 radical (unpaired) electrons. The predicted molar refractivity (Wildman–Crippen MR) is 91.5 cm³/mol. The third-order valence-corrected chi connectivity index (χ3v) is 7.58. The van der Waals surface area contributed by atoms with Crippen molar-refractivity contribution in [1.29, 1.82) is 0 Å². The van der Waals surface area contributed by atoms with Gasteiger partial charge in [0.2, 0.25) is 0 Å². The van der Waals surface area contributed by atoms with E-state index in [0.717, 1.165) is 12.1 Å². The van der Waals surface area contributed by atoms with Gasteiger partial charge in [-0.05, 0) is 38.1 Å². The Morgan fingerprint density at radius 2 is 2.07 bits per heavy atom. The van der Waals surface area contributed by atoms with E-state index in [-0.39, 0.29) is 17.7 Å². The molecule has 5 rings (SSSR count). The van der Waals surface area contributed by atoms with Crippen LogP contribution in [-0.2, 0) is 22.0 Å². The van der Waals surface area contributed by atoms with Gasteiger partial charge in [-0.25, -0.2) is 0 Å². The molecule has 2 bridgehead atoms. The van der Waals surface area contributed by atoms with Crippen molar-refractivity contribution in [2.24, 2.45) is 5.92 Å². The highest BCUT2D eigenvalue weighted by Gasteiger charge is 2.64. The summed E-state index contributed by atoms with van der Waals surface area (Å²) >= 11 is 0. The topological polar surface area (TPSA) is 76.1 Å². The fraction of sp³-hybridized carbons (Fsp3) is 0.556. The van der Waals surface area contributed by atoms with Gasteiger partial charge in [0.05, 0.1) is 0 Å². The first-order valence-corrected chi connectivity index (χ1v) is 10.4. The van der Waals surface area contributed by atoms with Crippen molar-refractivity contribution in [2.45, 2.75) is 42.0 Å². The monoisotopic (exact) mass is 417 g/mol. The second-order valence-electron chi connectivity index (χ2n) is 7.89. The second-order valence-corrected chi connectivity index (χ2v) is 9.43. The molecular weight excluding hydrogens is 399 g/mol. The number of likely N-dealkylation sites (N-methyl/N-ethyl adjacent to an activating group) is 1. The summed E-state index contributed by atoms with van der Waals surface area (Å²) < 4.78 is 71.9. The molecular formula is C18H18F3NO5S. The Morgan fingerprint density at radius 1 is 1.32 bits per heavy atom. The average molecular weight is 417 g/mol. The van der Waals surface area contributed by atoms with Crippen LogP contribution in [0.15, 0.2) is 24.3 Å². The Hall–Kier alpha value is -1.78. The van der Waals surface area contributed by atoms with Gasteiger partial charge in [-0.1, -0.05) is 18.2 Å². The van der Waals surface area contributed by atoms with Gasteiger partial charge in [0.1, 0.15) is 12.2 Å². The van der Waals surface area contributed by atoms with Crippen LogP contribution in [-0.4, -0.2) is 55.8 Å². The Morgan fingerprint density at radius 3 is 2.79 bits per heavy atom. The van der Waals surface area contributed by atoms with E-state index < -0.39 is 39.0 Å². The number of aliphatic hydroxyl groups is 1. The molecule has 1 aromatic carbocycles. The van der Waals surface area contributed by atoms with E-state index >= 15 is 0 Å². The molecule has 1 spiro atoms. The predicted octanol–water partition coefficient (Wildman–Crippen LogP) is 1.72. The van der Waals surface area contributed by atoms with Gasteiger partial charge in [-0.2, -0.15) is 21.6 Å². The molecule has 152 valence electrons. The summed E-state index contributed by atoms with van der Waals surface area (Å²) in [6.45, 7) is 0.742. The molecule has 2 aliphatic heterocycles. The quantitative estimate of drug-likeness (QED) is 0.449. The third kappa shape index (κ3) is 2.13. The molecule has 5 atom stereocenters. The van der Waals surface area contributed by atoms with Crippen LogP contribution in [0.4, 0.5) is 13.2 Å². The highest BCUT2D eigenvalue weighted by Crippen LogP contribution is 2.62.